The number of amides is 1. The third kappa shape index (κ3) is 4.45. The Morgan fingerprint density at radius 1 is 1.17 bits per heavy atom. The molecule has 0 unspecified atom stereocenters. The summed E-state index contributed by atoms with van der Waals surface area (Å²) in [5.74, 6) is -0.657. The average Bonchev–Trinajstić information content (AvgIpc) is 2.84. The highest BCUT2D eigenvalue weighted by molar-refractivity contribution is 5.94. The lowest BCUT2D eigenvalue weighted by Gasteiger charge is -2.33. The Balaban J connectivity index is 2.08. The molecule has 0 bridgehead atoms. The summed E-state index contributed by atoms with van der Waals surface area (Å²) in [6, 6.07) is 5.08. The van der Waals surface area contributed by atoms with Gasteiger partial charge in [0.15, 0.2) is 0 Å². The third-order valence-corrected chi connectivity index (χ3v) is 3.63. The first-order chi connectivity index (χ1) is 11.2. The van der Waals surface area contributed by atoms with Gasteiger partial charge in [-0.2, -0.15) is 0 Å². The van der Waals surface area contributed by atoms with Gasteiger partial charge in [0, 0.05) is 11.2 Å². The lowest BCUT2D eigenvalue weighted by molar-refractivity contribution is -0.143. The standard InChI is InChI=1S/C16H22N4O4/c1-16(2,3)20(9-14(22)24-4)8-13(21)17-10-5-6-11-12(7-10)19-15(23)18-11/h5-7H,8-9H2,1-4H3,(H,17,21)(H2,18,19,23). The second kappa shape index (κ2) is 6.88. The highest BCUT2D eigenvalue weighted by Gasteiger charge is 2.26. The zero-order valence-electron chi connectivity index (χ0n) is 14.2. The molecule has 0 aliphatic rings. The lowest BCUT2D eigenvalue weighted by Crippen LogP contribution is -2.48. The number of methoxy groups -OCH3 is 1. The van der Waals surface area contributed by atoms with Gasteiger partial charge in [-0.05, 0) is 39.0 Å². The number of hydrogen-bond acceptors (Lipinski definition) is 5. The van der Waals surface area contributed by atoms with E-state index in [0.717, 1.165) is 0 Å². The molecule has 0 spiro atoms. The monoisotopic (exact) mass is 334 g/mol. The van der Waals surface area contributed by atoms with Crippen molar-refractivity contribution in [3.63, 3.8) is 0 Å². The minimum absolute atomic E-state index is 0.0254. The van der Waals surface area contributed by atoms with Gasteiger partial charge in [-0.3, -0.25) is 14.5 Å². The van der Waals surface area contributed by atoms with E-state index < -0.39 is 5.97 Å². The van der Waals surface area contributed by atoms with Crippen LogP contribution in [0.25, 0.3) is 11.0 Å². The quantitative estimate of drug-likeness (QED) is 0.709. The molecule has 1 aromatic heterocycles. The van der Waals surface area contributed by atoms with Crippen molar-refractivity contribution >= 4 is 28.6 Å². The van der Waals surface area contributed by atoms with Gasteiger partial charge in [0.25, 0.3) is 0 Å². The molecule has 0 aliphatic heterocycles. The molecule has 8 nitrogen and oxygen atoms in total. The zero-order valence-corrected chi connectivity index (χ0v) is 14.2. The highest BCUT2D eigenvalue weighted by atomic mass is 16.5. The number of carbonyl (C=O) groups is 2. The van der Waals surface area contributed by atoms with E-state index in [1.165, 1.54) is 7.11 Å². The Morgan fingerprint density at radius 3 is 2.46 bits per heavy atom. The molecular formula is C16H22N4O4. The van der Waals surface area contributed by atoms with Crippen molar-refractivity contribution in [3.05, 3.63) is 28.7 Å². The summed E-state index contributed by atoms with van der Waals surface area (Å²) < 4.78 is 4.68. The van der Waals surface area contributed by atoms with E-state index in [-0.39, 0.29) is 30.2 Å². The van der Waals surface area contributed by atoms with E-state index in [1.54, 1.807) is 23.1 Å². The van der Waals surface area contributed by atoms with E-state index in [1.807, 2.05) is 20.8 Å². The predicted molar refractivity (Wildman–Crippen MR) is 90.9 cm³/mol. The largest absolute Gasteiger partial charge is 0.468 e. The number of hydrogen-bond donors (Lipinski definition) is 3. The van der Waals surface area contributed by atoms with E-state index in [0.29, 0.717) is 16.7 Å². The van der Waals surface area contributed by atoms with Crippen molar-refractivity contribution in [1.29, 1.82) is 0 Å². The first-order valence-electron chi connectivity index (χ1n) is 7.53. The highest BCUT2D eigenvalue weighted by Crippen LogP contribution is 2.16. The van der Waals surface area contributed by atoms with Crippen LogP contribution in [0.2, 0.25) is 0 Å². The Bertz CT molecular complexity index is 800. The third-order valence-electron chi connectivity index (χ3n) is 3.63. The molecule has 24 heavy (non-hydrogen) atoms. The topological polar surface area (TPSA) is 107 Å². The van der Waals surface area contributed by atoms with Gasteiger partial charge in [-0.1, -0.05) is 0 Å². The molecular weight excluding hydrogens is 312 g/mol. The molecule has 0 fully saturated rings. The van der Waals surface area contributed by atoms with Crippen LogP contribution >= 0.6 is 0 Å². The first kappa shape index (κ1) is 17.7. The summed E-state index contributed by atoms with van der Waals surface area (Å²) in [4.78, 5) is 42.1. The molecule has 0 saturated heterocycles. The smallest absolute Gasteiger partial charge is 0.323 e. The first-order valence-corrected chi connectivity index (χ1v) is 7.53. The van der Waals surface area contributed by atoms with Gasteiger partial charge in [0.05, 0.1) is 31.2 Å². The molecule has 1 heterocycles. The minimum Gasteiger partial charge on any atom is -0.468 e. The van der Waals surface area contributed by atoms with Crippen LogP contribution in [-0.4, -0.2) is 52.5 Å². The maximum absolute atomic E-state index is 12.3. The fourth-order valence-electron chi connectivity index (χ4n) is 2.23. The number of fused-ring (bicyclic) bond motifs is 1. The van der Waals surface area contributed by atoms with Crippen molar-refractivity contribution in [2.75, 3.05) is 25.5 Å². The van der Waals surface area contributed by atoms with Crippen molar-refractivity contribution in [1.82, 2.24) is 14.9 Å². The Kier molecular flexibility index (Phi) is 5.08. The van der Waals surface area contributed by atoms with Crippen LogP contribution in [0, 0.1) is 0 Å². The number of carbonyl (C=O) groups excluding carboxylic acids is 2. The molecule has 1 aromatic carbocycles. The van der Waals surface area contributed by atoms with Crippen LogP contribution in [0.4, 0.5) is 5.69 Å². The van der Waals surface area contributed by atoms with Gasteiger partial charge >= 0.3 is 11.7 Å². The molecule has 130 valence electrons. The second-order valence-corrected chi connectivity index (χ2v) is 6.49. The summed E-state index contributed by atoms with van der Waals surface area (Å²) in [6.07, 6.45) is 0. The number of anilines is 1. The van der Waals surface area contributed by atoms with Crippen molar-refractivity contribution in [2.45, 2.75) is 26.3 Å². The van der Waals surface area contributed by atoms with Crippen molar-refractivity contribution in [2.24, 2.45) is 0 Å². The number of benzene rings is 1. The number of aromatic amines is 2. The molecule has 1 amide bonds. The maximum Gasteiger partial charge on any atom is 0.323 e. The lowest BCUT2D eigenvalue weighted by atomic mass is 10.1. The van der Waals surface area contributed by atoms with Crippen LogP contribution in [0.3, 0.4) is 0 Å². The summed E-state index contributed by atoms with van der Waals surface area (Å²) in [5.41, 5.74) is 1.17. The zero-order chi connectivity index (χ0) is 17.9. The SMILES string of the molecule is COC(=O)CN(CC(=O)Nc1ccc2[nH]c(=O)[nH]c2c1)C(C)(C)C. The summed E-state index contributed by atoms with van der Waals surface area (Å²) in [6.45, 7) is 5.82. The van der Waals surface area contributed by atoms with Crippen LogP contribution in [-0.2, 0) is 14.3 Å². The fourth-order valence-corrected chi connectivity index (χ4v) is 2.23. The van der Waals surface area contributed by atoms with Gasteiger partial charge in [0.2, 0.25) is 5.91 Å². The van der Waals surface area contributed by atoms with Gasteiger partial charge in [-0.25, -0.2) is 4.79 Å². The van der Waals surface area contributed by atoms with Crippen LogP contribution in [0.5, 0.6) is 0 Å². The molecule has 0 aliphatic carbocycles. The predicted octanol–water partition coefficient (Wildman–Crippen LogP) is 1.07. The van der Waals surface area contributed by atoms with Gasteiger partial charge in [-0.15, -0.1) is 0 Å². The fraction of sp³-hybridized carbons (Fsp3) is 0.438. The number of H-pyrrole nitrogens is 2. The summed E-state index contributed by atoms with van der Waals surface area (Å²) in [7, 11) is 1.32. The van der Waals surface area contributed by atoms with Crippen molar-refractivity contribution < 1.29 is 14.3 Å². The number of nitrogens with one attached hydrogen (secondary N) is 3. The average molecular weight is 334 g/mol. The number of esters is 1. The van der Waals surface area contributed by atoms with E-state index in [9.17, 15) is 14.4 Å². The molecule has 2 aromatic rings. The number of imidazole rings is 1. The maximum atomic E-state index is 12.3. The van der Waals surface area contributed by atoms with E-state index in [4.69, 9.17) is 0 Å². The second-order valence-electron chi connectivity index (χ2n) is 6.49. The van der Waals surface area contributed by atoms with Crippen molar-refractivity contribution in [3.8, 4) is 0 Å². The van der Waals surface area contributed by atoms with Gasteiger partial charge in [0.1, 0.15) is 0 Å². The number of nitrogens with zero attached hydrogens (tertiary/aromatic N) is 1. The number of aromatic nitrogens is 2. The summed E-state index contributed by atoms with van der Waals surface area (Å²) >= 11 is 0. The molecule has 0 atom stereocenters. The number of rotatable bonds is 5. The Morgan fingerprint density at radius 2 is 1.83 bits per heavy atom. The molecule has 2 rings (SSSR count). The minimum atomic E-state index is -0.399. The van der Waals surface area contributed by atoms with Crippen LogP contribution in [0.1, 0.15) is 20.8 Å². The summed E-state index contributed by atoms with van der Waals surface area (Å²) in [5, 5.41) is 2.77. The number of ether oxygens (including phenoxy) is 1. The van der Waals surface area contributed by atoms with E-state index in [2.05, 4.69) is 20.0 Å². The van der Waals surface area contributed by atoms with Crippen LogP contribution in [0.15, 0.2) is 23.0 Å². The normalized spacial score (nSPS) is 11.7. The Hall–Kier alpha value is -2.61. The molecule has 3 N–H and O–H groups in total. The molecule has 0 saturated carbocycles. The molecule has 8 heteroatoms. The Labute approximate surface area is 139 Å². The van der Waals surface area contributed by atoms with Gasteiger partial charge < -0.3 is 20.0 Å². The molecule has 0 radical (unpaired) electrons. The van der Waals surface area contributed by atoms with Crippen LogP contribution < -0.4 is 11.0 Å². The van der Waals surface area contributed by atoms with E-state index >= 15 is 0 Å².